The molecule has 0 saturated carbocycles. The van der Waals surface area contributed by atoms with Crippen molar-refractivity contribution in [1.29, 1.82) is 0 Å². The molecule has 0 amide bonds. The summed E-state index contributed by atoms with van der Waals surface area (Å²) >= 11 is 1.57. The van der Waals surface area contributed by atoms with Gasteiger partial charge in [-0.05, 0) is 20.1 Å². The number of fused-ring (bicyclic) bond motifs is 1. The average molecular weight is 233 g/mol. The van der Waals surface area contributed by atoms with Crippen LogP contribution in [0.4, 0.5) is 5.82 Å². The van der Waals surface area contributed by atoms with Crippen LogP contribution in [0.1, 0.15) is 18.2 Å². The van der Waals surface area contributed by atoms with Gasteiger partial charge in [0.15, 0.2) is 5.16 Å². The maximum Gasteiger partial charge on any atom is 0.189 e. The van der Waals surface area contributed by atoms with E-state index in [1.807, 2.05) is 20.1 Å². The van der Waals surface area contributed by atoms with Gasteiger partial charge >= 0.3 is 0 Å². The molecule has 0 aliphatic carbocycles. The van der Waals surface area contributed by atoms with Crippen molar-refractivity contribution in [2.24, 2.45) is 0 Å². The maximum absolute atomic E-state index is 4.56. The number of thioether (sulfide) groups is 1. The zero-order valence-corrected chi connectivity index (χ0v) is 10.6. The van der Waals surface area contributed by atoms with Crippen LogP contribution in [0.5, 0.6) is 0 Å². The summed E-state index contributed by atoms with van der Waals surface area (Å²) in [5, 5.41) is 0.817. The zero-order valence-electron chi connectivity index (χ0n) is 9.82. The van der Waals surface area contributed by atoms with Gasteiger partial charge in [0.05, 0.1) is 5.69 Å². The van der Waals surface area contributed by atoms with Gasteiger partial charge in [0.2, 0.25) is 0 Å². The molecular formula is C12H15N3S. The Labute approximate surface area is 100 Å². The Morgan fingerprint density at radius 2 is 2.25 bits per heavy atom. The van der Waals surface area contributed by atoms with Crippen LogP contribution >= 0.6 is 11.8 Å². The maximum atomic E-state index is 4.56. The minimum absolute atomic E-state index is 0.817. The third-order valence-electron chi connectivity index (χ3n) is 2.57. The van der Waals surface area contributed by atoms with Crippen LogP contribution in [-0.2, 0) is 0 Å². The van der Waals surface area contributed by atoms with Crippen LogP contribution < -0.4 is 4.90 Å². The number of allylic oxidation sites excluding steroid dienone is 1. The number of hydrogen-bond acceptors (Lipinski definition) is 4. The highest BCUT2D eigenvalue weighted by atomic mass is 32.2. The Kier molecular flexibility index (Phi) is 3.01. The van der Waals surface area contributed by atoms with Gasteiger partial charge < -0.3 is 4.90 Å². The topological polar surface area (TPSA) is 29.0 Å². The van der Waals surface area contributed by atoms with Crippen molar-refractivity contribution in [3.8, 4) is 0 Å². The molecule has 4 heteroatoms. The van der Waals surface area contributed by atoms with Crippen LogP contribution in [0, 0.1) is 6.92 Å². The zero-order chi connectivity index (χ0) is 11.7. The third kappa shape index (κ3) is 1.85. The molecule has 3 nitrogen and oxygen atoms in total. The Morgan fingerprint density at radius 3 is 2.88 bits per heavy atom. The summed E-state index contributed by atoms with van der Waals surface area (Å²) < 4.78 is 0. The van der Waals surface area contributed by atoms with Crippen molar-refractivity contribution in [2.45, 2.75) is 19.0 Å². The number of rotatable bonds is 2. The minimum Gasteiger partial charge on any atom is -0.327 e. The van der Waals surface area contributed by atoms with Crippen LogP contribution in [0.25, 0.3) is 6.08 Å². The van der Waals surface area contributed by atoms with E-state index in [-0.39, 0.29) is 0 Å². The lowest BCUT2D eigenvalue weighted by Crippen LogP contribution is -2.25. The molecule has 0 aromatic carbocycles. The Morgan fingerprint density at radius 1 is 1.50 bits per heavy atom. The Balaban J connectivity index is 2.58. The van der Waals surface area contributed by atoms with Gasteiger partial charge in [0.1, 0.15) is 5.82 Å². The van der Waals surface area contributed by atoms with Crippen LogP contribution in [-0.4, -0.2) is 22.8 Å². The summed E-state index contributed by atoms with van der Waals surface area (Å²) in [5.41, 5.74) is 3.14. The smallest absolute Gasteiger partial charge is 0.189 e. The first kappa shape index (κ1) is 11.2. The highest BCUT2D eigenvalue weighted by Crippen LogP contribution is 2.29. The normalized spacial score (nSPS) is 13.8. The fraction of sp³-hybridized carbons (Fsp3) is 0.333. The van der Waals surface area contributed by atoms with Crippen LogP contribution in [0.15, 0.2) is 23.5 Å². The van der Waals surface area contributed by atoms with Crippen molar-refractivity contribution in [3.05, 3.63) is 29.6 Å². The highest BCUT2D eigenvalue weighted by molar-refractivity contribution is 7.98. The minimum atomic E-state index is 0.817. The molecule has 0 atom stereocenters. The highest BCUT2D eigenvalue weighted by Gasteiger charge is 2.18. The first-order valence-corrected chi connectivity index (χ1v) is 6.38. The molecule has 0 bridgehead atoms. The van der Waals surface area contributed by atoms with Crippen LogP contribution in [0.3, 0.4) is 0 Å². The molecule has 1 aromatic rings. The van der Waals surface area contributed by atoms with Crippen molar-refractivity contribution in [1.82, 2.24) is 9.97 Å². The van der Waals surface area contributed by atoms with Gasteiger partial charge in [-0.3, -0.25) is 0 Å². The summed E-state index contributed by atoms with van der Waals surface area (Å²) in [6.45, 7) is 8.85. The number of nitrogens with zero attached hydrogens (tertiary/aromatic N) is 3. The molecule has 0 fully saturated rings. The van der Waals surface area contributed by atoms with E-state index in [1.54, 1.807) is 11.8 Å². The molecule has 0 N–H and O–H groups in total. The average Bonchev–Trinajstić information content (AvgIpc) is 2.28. The Hall–Kier alpha value is -1.29. The predicted octanol–water partition coefficient (Wildman–Crippen LogP) is 2.87. The van der Waals surface area contributed by atoms with E-state index in [9.17, 15) is 0 Å². The lowest BCUT2D eigenvalue weighted by molar-refractivity contribution is 0.871. The number of hydrogen-bond donors (Lipinski definition) is 0. The largest absolute Gasteiger partial charge is 0.327 e. The molecule has 0 spiro atoms. The fourth-order valence-corrected chi connectivity index (χ4v) is 2.14. The van der Waals surface area contributed by atoms with E-state index in [0.717, 1.165) is 34.5 Å². The first-order valence-electron chi connectivity index (χ1n) is 5.15. The molecule has 0 radical (unpaired) electrons. The van der Waals surface area contributed by atoms with E-state index in [2.05, 4.69) is 33.6 Å². The van der Waals surface area contributed by atoms with Gasteiger partial charge in [-0.1, -0.05) is 30.5 Å². The van der Waals surface area contributed by atoms with Crippen molar-refractivity contribution in [2.75, 3.05) is 17.7 Å². The van der Waals surface area contributed by atoms with E-state index >= 15 is 0 Å². The molecule has 84 valence electrons. The lowest BCUT2D eigenvalue weighted by atomic mass is 10.1. The predicted molar refractivity (Wildman–Crippen MR) is 69.7 cm³/mol. The molecule has 2 rings (SSSR count). The van der Waals surface area contributed by atoms with E-state index in [1.165, 1.54) is 0 Å². The van der Waals surface area contributed by atoms with Gasteiger partial charge in [-0.15, -0.1) is 0 Å². The summed E-state index contributed by atoms with van der Waals surface area (Å²) in [7, 11) is 0. The molecule has 1 aliphatic rings. The SMILES string of the molecule is C=C(C)N1CC=Cc2c(C)nc(SC)nc21. The number of anilines is 1. The summed E-state index contributed by atoms with van der Waals surface area (Å²) in [6.07, 6.45) is 6.20. The summed E-state index contributed by atoms with van der Waals surface area (Å²) in [5.74, 6) is 0.979. The monoisotopic (exact) mass is 233 g/mol. The number of aromatic nitrogens is 2. The van der Waals surface area contributed by atoms with Crippen molar-refractivity contribution in [3.63, 3.8) is 0 Å². The quantitative estimate of drug-likeness (QED) is 0.580. The van der Waals surface area contributed by atoms with E-state index in [4.69, 9.17) is 0 Å². The van der Waals surface area contributed by atoms with E-state index < -0.39 is 0 Å². The van der Waals surface area contributed by atoms with Gasteiger partial charge in [0, 0.05) is 17.8 Å². The van der Waals surface area contributed by atoms with Gasteiger partial charge in [-0.2, -0.15) is 0 Å². The molecule has 0 saturated heterocycles. The van der Waals surface area contributed by atoms with Gasteiger partial charge in [0.25, 0.3) is 0 Å². The standard InChI is InChI=1S/C12H15N3S/c1-8(2)15-7-5-6-10-9(3)13-12(16-4)14-11(10)15/h5-6H,1,7H2,2-4H3. The second kappa shape index (κ2) is 4.29. The molecular weight excluding hydrogens is 218 g/mol. The van der Waals surface area contributed by atoms with E-state index in [0.29, 0.717) is 0 Å². The van der Waals surface area contributed by atoms with Gasteiger partial charge in [-0.25, -0.2) is 9.97 Å². The molecule has 2 heterocycles. The molecule has 0 unspecified atom stereocenters. The number of aryl methyl sites for hydroxylation is 1. The summed E-state index contributed by atoms with van der Waals surface area (Å²) in [6, 6.07) is 0. The molecule has 16 heavy (non-hydrogen) atoms. The van der Waals surface area contributed by atoms with Crippen molar-refractivity contribution < 1.29 is 0 Å². The second-order valence-corrected chi connectivity index (χ2v) is 4.55. The third-order valence-corrected chi connectivity index (χ3v) is 3.11. The molecule has 1 aliphatic heterocycles. The Bertz CT molecular complexity index is 466. The molecule has 1 aromatic heterocycles. The lowest BCUT2D eigenvalue weighted by Gasteiger charge is -2.27. The van der Waals surface area contributed by atoms with Crippen molar-refractivity contribution >= 4 is 23.7 Å². The first-order chi connectivity index (χ1) is 7.63. The fourth-order valence-electron chi connectivity index (χ4n) is 1.73. The summed E-state index contributed by atoms with van der Waals surface area (Å²) in [4.78, 5) is 11.1. The van der Waals surface area contributed by atoms with Crippen LogP contribution in [0.2, 0.25) is 0 Å². The second-order valence-electron chi connectivity index (χ2n) is 3.78.